The quantitative estimate of drug-likeness (QED) is 0.677. The molecule has 4 rings (SSSR count). The van der Waals surface area contributed by atoms with Crippen molar-refractivity contribution in [2.75, 3.05) is 0 Å². The van der Waals surface area contributed by atoms with E-state index in [0.717, 1.165) is 29.6 Å². The van der Waals surface area contributed by atoms with Crippen LogP contribution in [-0.2, 0) is 6.42 Å². The number of benzene rings is 1. The lowest BCUT2D eigenvalue weighted by molar-refractivity contribution is 0.594. The zero-order valence-electron chi connectivity index (χ0n) is 11.9. The molecule has 0 radical (unpaired) electrons. The molecule has 102 valence electrons. The Labute approximate surface area is 123 Å². The molecule has 3 heteroatoms. The second kappa shape index (κ2) is 4.46. The third kappa shape index (κ3) is 1.76. The highest BCUT2D eigenvalue weighted by atomic mass is 15.1. The van der Waals surface area contributed by atoms with E-state index in [4.69, 9.17) is 0 Å². The van der Waals surface area contributed by atoms with E-state index < -0.39 is 0 Å². The van der Waals surface area contributed by atoms with Gasteiger partial charge in [0.2, 0.25) is 0 Å². The lowest BCUT2D eigenvalue weighted by Gasteiger charge is -2.15. The first-order chi connectivity index (χ1) is 10.3. The van der Waals surface area contributed by atoms with Gasteiger partial charge in [-0.15, -0.1) is 0 Å². The Bertz CT molecular complexity index is 883. The van der Waals surface area contributed by atoms with E-state index in [1.807, 2.05) is 25.3 Å². The molecular formula is C18H15N3. The van der Waals surface area contributed by atoms with E-state index in [1.54, 1.807) is 0 Å². The van der Waals surface area contributed by atoms with E-state index >= 15 is 0 Å². The van der Waals surface area contributed by atoms with E-state index in [0.29, 0.717) is 11.6 Å². The van der Waals surface area contributed by atoms with Gasteiger partial charge in [-0.3, -0.25) is 0 Å². The molecule has 1 aromatic carbocycles. The molecule has 3 aromatic rings. The zero-order valence-corrected chi connectivity index (χ0v) is 11.9. The van der Waals surface area contributed by atoms with Crippen LogP contribution in [0.1, 0.15) is 34.8 Å². The third-order valence-electron chi connectivity index (χ3n) is 4.37. The molecule has 1 aliphatic rings. The Balaban J connectivity index is 1.96. The standard InChI is InChI=1S/C18H15N3/c1-12-6-8-16-14(10-19)11-21(18(16)20-12)17-9-7-13-4-2-3-5-15(13)17/h2-6,8,11,17H,7,9H2,1H3. The number of nitriles is 1. The van der Waals surface area contributed by atoms with Crippen LogP contribution in [0.5, 0.6) is 0 Å². The van der Waals surface area contributed by atoms with Crippen LogP contribution >= 0.6 is 0 Å². The minimum absolute atomic E-state index is 0.292. The van der Waals surface area contributed by atoms with Gasteiger partial charge in [0, 0.05) is 17.3 Å². The molecule has 0 saturated carbocycles. The van der Waals surface area contributed by atoms with Crippen LogP contribution in [0, 0.1) is 18.3 Å². The normalized spacial score (nSPS) is 16.9. The number of nitrogens with zero attached hydrogens (tertiary/aromatic N) is 3. The molecule has 1 unspecified atom stereocenters. The Morgan fingerprint density at radius 3 is 2.95 bits per heavy atom. The van der Waals surface area contributed by atoms with Gasteiger partial charge < -0.3 is 4.57 Å². The summed E-state index contributed by atoms with van der Waals surface area (Å²) in [6, 6.07) is 15.1. The summed E-state index contributed by atoms with van der Waals surface area (Å²) >= 11 is 0. The maximum absolute atomic E-state index is 9.37. The van der Waals surface area contributed by atoms with Gasteiger partial charge in [0.25, 0.3) is 0 Å². The van der Waals surface area contributed by atoms with Gasteiger partial charge in [0.1, 0.15) is 11.7 Å². The van der Waals surface area contributed by atoms with Crippen LogP contribution in [0.15, 0.2) is 42.6 Å². The van der Waals surface area contributed by atoms with Crippen molar-refractivity contribution in [1.29, 1.82) is 5.26 Å². The molecule has 0 spiro atoms. The summed E-state index contributed by atoms with van der Waals surface area (Å²) in [7, 11) is 0. The molecule has 2 heterocycles. The Morgan fingerprint density at radius 1 is 1.24 bits per heavy atom. The molecule has 0 saturated heterocycles. The topological polar surface area (TPSA) is 41.6 Å². The molecule has 0 bridgehead atoms. The lowest BCUT2D eigenvalue weighted by Crippen LogP contribution is -2.06. The fourth-order valence-electron chi connectivity index (χ4n) is 3.37. The van der Waals surface area contributed by atoms with E-state index in [1.165, 1.54) is 11.1 Å². The molecule has 1 atom stereocenters. The first-order valence-electron chi connectivity index (χ1n) is 7.24. The molecule has 0 aliphatic heterocycles. The Kier molecular flexibility index (Phi) is 2.58. The third-order valence-corrected chi connectivity index (χ3v) is 4.37. The largest absolute Gasteiger partial charge is 0.324 e. The van der Waals surface area contributed by atoms with Crippen molar-refractivity contribution in [1.82, 2.24) is 9.55 Å². The van der Waals surface area contributed by atoms with Gasteiger partial charge in [-0.25, -0.2) is 4.98 Å². The molecule has 0 fully saturated rings. The van der Waals surface area contributed by atoms with Crippen LogP contribution in [0.25, 0.3) is 11.0 Å². The Hall–Kier alpha value is -2.60. The average Bonchev–Trinajstić information content (AvgIpc) is 3.07. The van der Waals surface area contributed by atoms with Gasteiger partial charge in [-0.05, 0) is 43.0 Å². The van der Waals surface area contributed by atoms with Crippen LogP contribution in [0.4, 0.5) is 0 Å². The van der Waals surface area contributed by atoms with Crippen molar-refractivity contribution in [3.63, 3.8) is 0 Å². The molecule has 0 N–H and O–H groups in total. The van der Waals surface area contributed by atoms with E-state index in [-0.39, 0.29) is 0 Å². The second-order valence-electron chi connectivity index (χ2n) is 5.64. The highest BCUT2D eigenvalue weighted by Crippen LogP contribution is 2.36. The summed E-state index contributed by atoms with van der Waals surface area (Å²) in [4.78, 5) is 4.67. The highest BCUT2D eigenvalue weighted by Gasteiger charge is 2.25. The minimum Gasteiger partial charge on any atom is -0.324 e. The van der Waals surface area contributed by atoms with Crippen LogP contribution in [-0.4, -0.2) is 9.55 Å². The zero-order chi connectivity index (χ0) is 14.4. The molecule has 21 heavy (non-hydrogen) atoms. The fraction of sp³-hybridized carbons (Fsp3) is 0.222. The predicted molar refractivity (Wildman–Crippen MR) is 82.1 cm³/mol. The number of pyridine rings is 1. The Morgan fingerprint density at radius 2 is 2.10 bits per heavy atom. The number of hydrogen-bond acceptors (Lipinski definition) is 2. The SMILES string of the molecule is Cc1ccc2c(C#N)cn(C3CCc4ccccc43)c2n1. The molecular weight excluding hydrogens is 258 g/mol. The van der Waals surface area contributed by atoms with Gasteiger partial charge in [0.15, 0.2) is 0 Å². The smallest absolute Gasteiger partial charge is 0.142 e. The number of aryl methyl sites for hydroxylation is 2. The lowest BCUT2D eigenvalue weighted by atomic mass is 10.1. The summed E-state index contributed by atoms with van der Waals surface area (Å²) in [5.74, 6) is 0. The maximum Gasteiger partial charge on any atom is 0.142 e. The summed E-state index contributed by atoms with van der Waals surface area (Å²) < 4.78 is 2.19. The van der Waals surface area contributed by atoms with Crippen molar-refractivity contribution >= 4 is 11.0 Å². The monoisotopic (exact) mass is 273 g/mol. The first-order valence-corrected chi connectivity index (χ1v) is 7.24. The molecule has 2 aromatic heterocycles. The van der Waals surface area contributed by atoms with Crippen molar-refractivity contribution < 1.29 is 0 Å². The van der Waals surface area contributed by atoms with Crippen molar-refractivity contribution in [3.8, 4) is 6.07 Å². The fourth-order valence-corrected chi connectivity index (χ4v) is 3.37. The highest BCUT2D eigenvalue weighted by molar-refractivity contribution is 5.83. The molecule has 0 amide bonds. The van der Waals surface area contributed by atoms with Crippen molar-refractivity contribution in [3.05, 3.63) is 65.0 Å². The van der Waals surface area contributed by atoms with Gasteiger partial charge >= 0.3 is 0 Å². The first kappa shape index (κ1) is 12.2. The van der Waals surface area contributed by atoms with Gasteiger partial charge in [0.05, 0.1) is 11.6 Å². The number of aromatic nitrogens is 2. The van der Waals surface area contributed by atoms with Crippen LogP contribution in [0.3, 0.4) is 0 Å². The number of hydrogen-bond donors (Lipinski definition) is 0. The second-order valence-corrected chi connectivity index (χ2v) is 5.64. The predicted octanol–water partition coefficient (Wildman–Crippen LogP) is 3.75. The number of rotatable bonds is 1. The van der Waals surface area contributed by atoms with Crippen molar-refractivity contribution in [2.45, 2.75) is 25.8 Å². The maximum atomic E-state index is 9.37. The van der Waals surface area contributed by atoms with Crippen molar-refractivity contribution in [2.24, 2.45) is 0 Å². The summed E-state index contributed by atoms with van der Waals surface area (Å²) in [5.41, 5.74) is 5.39. The molecule has 3 nitrogen and oxygen atoms in total. The van der Waals surface area contributed by atoms with Crippen LogP contribution in [0.2, 0.25) is 0 Å². The minimum atomic E-state index is 0.292. The molecule has 1 aliphatic carbocycles. The summed E-state index contributed by atoms with van der Waals surface area (Å²) in [6.45, 7) is 1.99. The summed E-state index contributed by atoms with van der Waals surface area (Å²) in [6.07, 6.45) is 4.13. The van der Waals surface area contributed by atoms with E-state index in [9.17, 15) is 5.26 Å². The van der Waals surface area contributed by atoms with Crippen LogP contribution < -0.4 is 0 Å². The van der Waals surface area contributed by atoms with Gasteiger partial charge in [-0.1, -0.05) is 24.3 Å². The van der Waals surface area contributed by atoms with Gasteiger partial charge in [-0.2, -0.15) is 5.26 Å². The summed E-state index contributed by atoms with van der Waals surface area (Å²) in [5, 5.41) is 10.3. The van der Waals surface area contributed by atoms with E-state index in [2.05, 4.69) is 39.9 Å². The number of fused-ring (bicyclic) bond motifs is 2. The average molecular weight is 273 g/mol.